The van der Waals surface area contributed by atoms with E-state index >= 15 is 0 Å². The van der Waals surface area contributed by atoms with Gasteiger partial charge in [0.15, 0.2) is 12.6 Å². The number of ether oxygens (including phenoxy) is 4. The van der Waals surface area contributed by atoms with Crippen LogP contribution in [0.15, 0.2) is 22.9 Å². The number of thiophene rings is 2. The average Bonchev–Trinajstić information content (AvgIpc) is 3.23. The Bertz CT molecular complexity index is 527. The van der Waals surface area contributed by atoms with Crippen LogP contribution >= 0.6 is 22.7 Å². The summed E-state index contributed by atoms with van der Waals surface area (Å²) in [6.07, 6.45) is -0.466. The third-order valence-corrected chi connectivity index (χ3v) is 5.23. The van der Waals surface area contributed by atoms with Gasteiger partial charge in [-0.3, -0.25) is 0 Å². The zero-order valence-electron chi connectivity index (χ0n) is 10.7. The maximum atomic E-state index is 5.63. The van der Waals surface area contributed by atoms with E-state index in [1.807, 2.05) is 0 Å². The molecule has 2 aliphatic rings. The highest BCUT2D eigenvalue weighted by Gasteiger charge is 2.28. The first-order valence-electron chi connectivity index (χ1n) is 6.55. The average molecular weight is 310 g/mol. The summed E-state index contributed by atoms with van der Waals surface area (Å²) in [6.45, 7) is 2.64. The molecule has 0 bridgehead atoms. The molecule has 4 heterocycles. The molecule has 2 saturated heterocycles. The van der Waals surface area contributed by atoms with Crippen molar-refractivity contribution in [3.8, 4) is 11.1 Å². The summed E-state index contributed by atoms with van der Waals surface area (Å²) in [5.41, 5.74) is 2.33. The quantitative estimate of drug-likeness (QED) is 0.868. The van der Waals surface area contributed by atoms with Crippen LogP contribution < -0.4 is 0 Å². The largest absolute Gasteiger partial charge is 0.345 e. The SMILES string of the molecule is c1cc(-c2ccsc2C2OCCO2)c(C2OCCO2)s1. The van der Waals surface area contributed by atoms with Gasteiger partial charge in [0.2, 0.25) is 0 Å². The molecular formula is C14H14O4S2. The van der Waals surface area contributed by atoms with Crippen LogP contribution in [0.4, 0.5) is 0 Å². The van der Waals surface area contributed by atoms with E-state index in [0.717, 1.165) is 20.9 Å². The van der Waals surface area contributed by atoms with Gasteiger partial charge in [0.05, 0.1) is 36.2 Å². The van der Waals surface area contributed by atoms with Gasteiger partial charge in [0.25, 0.3) is 0 Å². The molecular weight excluding hydrogens is 296 g/mol. The van der Waals surface area contributed by atoms with Crippen molar-refractivity contribution < 1.29 is 18.9 Å². The van der Waals surface area contributed by atoms with Crippen LogP contribution in [0.5, 0.6) is 0 Å². The van der Waals surface area contributed by atoms with Crippen LogP contribution in [0.1, 0.15) is 22.3 Å². The molecule has 106 valence electrons. The van der Waals surface area contributed by atoms with E-state index in [1.54, 1.807) is 22.7 Å². The van der Waals surface area contributed by atoms with Gasteiger partial charge in [0.1, 0.15) is 0 Å². The molecule has 2 aromatic rings. The molecule has 4 rings (SSSR count). The van der Waals surface area contributed by atoms with Crippen molar-refractivity contribution in [1.82, 2.24) is 0 Å². The molecule has 2 fully saturated rings. The van der Waals surface area contributed by atoms with E-state index in [2.05, 4.69) is 22.9 Å². The molecule has 0 radical (unpaired) electrons. The van der Waals surface area contributed by atoms with E-state index in [0.29, 0.717) is 26.4 Å². The Balaban J connectivity index is 1.71. The topological polar surface area (TPSA) is 36.9 Å². The van der Waals surface area contributed by atoms with Crippen molar-refractivity contribution in [2.75, 3.05) is 26.4 Å². The molecule has 6 heteroatoms. The first-order valence-corrected chi connectivity index (χ1v) is 8.31. The summed E-state index contributed by atoms with van der Waals surface area (Å²) >= 11 is 3.34. The molecule has 2 aromatic heterocycles. The van der Waals surface area contributed by atoms with Gasteiger partial charge in [-0.25, -0.2) is 0 Å². The van der Waals surface area contributed by atoms with Crippen molar-refractivity contribution in [2.24, 2.45) is 0 Å². The first kappa shape index (κ1) is 12.9. The second kappa shape index (κ2) is 5.55. The maximum Gasteiger partial charge on any atom is 0.193 e. The molecule has 0 unspecified atom stereocenters. The molecule has 0 saturated carbocycles. The summed E-state index contributed by atoms with van der Waals surface area (Å²) in [5.74, 6) is 0. The van der Waals surface area contributed by atoms with Crippen molar-refractivity contribution in [3.63, 3.8) is 0 Å². The lowest BCUT2D eigenvalue weighted by Gasteiger charge is -2.13. The minimum atomic E-state index is -0.233. The Morgan fingerprint density at radius 1 is 0.700 bits per heavy atom. The molecule has 20 heavy (non-hydrogen) atoms. The molecule has 4 nitrogen and oxygen atoms in total. The summed E-state index contributed by atoms with van der Waals surface area (Å²) < 4.78 is 22.5. The van der Waals surface area contributed by atoms with Gasteiger partial charge in [-0.05, 0) is 22.9 Å². The van der Waals surface area contributed by atoms with Crippen LogP contribution in [0.2, 0.25) is 0 Å². The Kier molecular flexibility index (Phi) is 3.59. The zero-order valence-corrected chi connectivity index (χ0v) is 12.4. The predicted molar refractivity (Wildman–Crippen MR) is 76.9 cm³/mol. The third-order valence-electron chi connectivity index (χ3n) is 3.35. The van der Waals surface area contributed by atoms with Crippen molar-refractivity contribution in [1.29, 1.82) is 0 Å². The lowest BCUT2D eigenvalue weighted by atomic mass is 10.1. The van der Waals surface area contributed by atoms with Crippen molar-refractivity contribution >= 4 is 22.7 Å². The van der Waals surface area contributed by atoms with Crippen LogP contribution in [-0.4, -0.2) is 26.4 Å². The van der Waals surface area contributed by atoms with Crippen LogP contribution in [0, 0.1) is 0 Å². The van der Waals surface area contributed by atoms with Crippen molar-refractivity contribution in [2.45, 2.75) is 12.6 Å². The van der Waals surface area contributed by atoms with E-state index in [9.17, 15) is 0 Å². The van der Waals surface area contributed by atoms with Gasteiger partial charge < -0.3 is 18.9 Å². The van der Waals surface area contributed by atoms with Crippen molar-refractivity contribution in [3.05, 3.63) is 32.6 Å². The minimum Gasteiger partial charge on any atom is -0.345 e. The Morgan fingerprint density at radius 2 is 1.10 bits per heavy atom. The highest BCUT2D eigenvalue weighted by Crippen LogP contribution is 2.42. The maximum absolute atomic E-state index is 5.63. The molecule has 0 aromatic carbocycles. The third kappa shape index (κ3) is 2.22. The highest BCUT2D eigenvalue weighted by atomic mass is 32.1. The molecule has 0 amide bonds. The lowest BCUT2D eigenvalue weighted by Crippen LogP contribution is -2.00. The molecule has 0 atom stereocenters. The fourth-order valence-electron chi connectivity index (χ4n) is 2.47. The first-order chi connectivity index (χ1) is 9.93. The number of hydrogen-bond donors (Lipinski definition) is 0. The Labute approximate surface area is 124 Å². The zero-order chi connectivity index (χ0) is 13.4. The minimum absolute atomic E-state index is 0.233. The fraction of sp³-hybridized carbons (Fsp3) is 0.429. The highest BCUT2D eigenvalue weighted by molar-refractivity contribution is 7.11. The molecule has 2 aliphatic heterocycles. The van der Waals surface area contributed by atoms with Gasteiger partial charge >= 0.3 is 0 Å². The van der Waals surface area contributed by atoms with E-state index < -0.39 is 0 Å². The second-order valence-corrected chi connectivity index (χ2v) is 6.44. The summed E-state index contributed by atoms with van der Waals surface area (Å²) in [6, 6.07) is 4.23. The monoisotopic (exact) mass is 310 g/mol. The Hall–Kier alpha value is -0.760. The van der Waals surface area contributed by atoms with Gasteiger partial charge in [-0.2, -0.15) is 0 Å². The molecule has 0 aliphatic carbocycles. The summed E-state index contributed by atoms with van der Waals surface area (Å²) in [5, 5.41) is 4.15. The van der Waals surface area contributed by atoms with Gasteiger partial charge in [-0.15, -0.1) is 22.7 Å². The van der Waals surface area contributed by atoms with E-state index in [-0.39, 0.29) is 12.6 Å². The van der Waals surface area contributed by atoms with E-state index in [4.69, 9.17) is 18.9 Å². The predicted octanol–water partition coefficient (Wildman–Crippen LogP) is 3.57. The van der Waals surface area contributed by atoms with Crippen LogP contribution in [-0.2, 0) is 18.9 Å². The Morgan fingerprint density at radius 3 is 1.50 bits per heavy atom. The van der Waals surface area contributed by atoms with Gasteiger partial charge in [-0.1, -0.05) is 0 Å². The molecule has 0 N–H and O–H groups in total. The standard InChI is InChI=1S/C14H14O4S2/c1-7-19-11(13-15-3-4-16-13)9(1)10-2-8-20-12(10)14-17-5-6-18-14/h1-2,7-8,13-14H,3-6H2. The van der Waals surface area contributed by atoms with E-state index in [1.165, 1.54) is 0 Å². The second-order valence-electron chi connectivity index (χ2n) is 4.54. The van der Waals surface area contributed by atoms with Crippen LogP contribution in [0.3, 0.4) is 0 Å². The number of hydrogen-bond acceptors (Lipinski definition) is 6. The van der Waals surface area contributed by atoms with Crippen LogP contribution in [0.25, 0.3) is 11.1 Å². The smallest absolute Gasteiger partial charge is 0.193 e. The normalized spacial score (nSPS) is 21.0. The fourth-order valence-corrected chi connectivity index (χ4v) is 4.28. The summed E-state index contributed by atoms with van der Waals surface area (Å²) in [7, 11) is 0. The van der Waals surface area contributed by atoms with Gasteiger partial charge in [0, 0.05) is 11.1 Å². The number of rotatable bonds is 3. The summed E-state index contributed by atoms with van der Waals surface area (Å²) in [4.78, 5) is 2.25. The molecule has 0 spiro atoms. The lowest BCUT2D eigenvalue weighted by molar-refractivity contribution is -0.0423.